The molecule has 2 saturated heterocycles. The Hall–Kier alpha value is -1.51. The number of hydrogen-bond acceptors (Lipinski definition) is 4. The van der Waals surface area contributed by atoms with E-state index in [4.69, 9.17) is 5.26 Å². The minimum absolute atomic E-state index is 0.144. The zero-order chi connectivity index (χ0) is 16.1. The van der Waals surface area contributed by atoms with Crippen LogP contribution in [0, 0.1) is 17.2 Å². The maximum absolute atomic E-state index is 12.7. The van der Waals surface area contributed by atoms with Gasteiger partial charge in [0.15, 0.2) is 0 Å². The molecular weight excluding hydrogens is 306 g/mol. The lowest BCUT2D eigenvalue weighted by Gasteiger charge is -2.36. The van der Waals surface area contributed by atoms with Crippen molar-refractivity contribution in [2.24, 2.45) is 5.92 Å². The van der Waals surface area contributed by atoms with Crippen molar-refractivity contribution in [3.8, 4) is 6.07 Å². The Morgan fingerprint density at radius 3 is 2.91 bits per heavy atom. The number of amides is 1. The van der Waals surface area contributed by atoms with Crippen molar-refractivity contribution >= 4 is 17.7 Å². The fourth-order valence-corrected chi connectivity index (χ4v) is 4.34. The normalized spacial score (nSPS) is 22.6. The van der Waals surface area contributed by atoms with Crippen LogP contribution in [0.4, 0.5) is 0 Å². The Morgan fingerprint density at radius 1 is 1.30 bits per heavy atom. The third-order valence-electron chi connectivity index (χ3n) is 4.64. The number of carbonyl (C=O) groups is 1. The van der Waals surface area contributed by atoms with Gasteiger partial charge in [0.05, 0.1) is 17.6 Å². The average Bonchev–Trinajstić information content (AvgIpc) is 2.62. The van der Waals surface area contributed by atoms with Gasteiger partial charge >= 0.3 is 0 Å². The van der Waals surface area contributed by atoms with Crippen LogP contribution in [0.2, 0.25) is 0 Å². The van der Waals surface area contributed by atoms with Gasteiger partial charge < -0.3 is 4.90 Å². The summed E-state index contributed by atoms with van der Waals surface area (Å²) in [4.78, 5) is 17.1. The second-order valence-corrected chi connectivity index (χ2v) is 7.55. The summed E-state index contributed by atoms with van der Waals surface area (Å²) in [6.07, 6.45) is 2.09. The molecule has 2 fully saturated rings. The first-order valence-corrected chi connectivity index (χ1v) is 9.49. The summed E-state index contributed by atoms with van der Waals surface area (Å²) < 4.78 is 0. The van der Waals surface area contributed by atoms with Crippen molar-refractivity contribution in [3.63, 3.8) is 0 Å². The zero-order valence-electron chi connectivity index (χ0n) is 13.4. The van der Waals surface area contributed by atoms with Crippen molar-refractivity contribution in [3.05, 3.63) is 35.4 Å². The van der Waals surface area contributed by atoms with Crippen LogP contribution in [0.1, 0.15) is 24.0 Å². The lowest BCUT2D eigenvalue weighted by molar-refractivity contribution is -0.137. The minimum Gasteiger partial charge on any atom is -0.341 e. The molecule has 122 valence electrons. The molecule has 0 radical (unpaired) electrons. The van der Waals surface area contributed by atoms with Crippen molar-refractivity contribution in [2.75, 3.05) is 37.7 Å². The maximum Gasteiger partial charge on any atom is 0.227 e. The van der Waals surface area contributed by atoms with Gasteiger partial charge in [0.1, 0.15) is 0 Å². The third-order valence-corrected chi connectivity index (χ3v) is 5.58. The monoisotopic (exact) mass is 329 g/mol. The molecule has 2 aliphatic heterocycles. The highest BCUT2D eigenvalue weighted by atomic mass is 32.2. The molecule has 0 bridgehead atoms. The molecule has 2 aliphatic rings. The first-order valence-electron chi connectivity index (χ1n) is 8.34. The first kappa shape index (κ1) is 16.4. The largest absolute Gasteiger partial charge is 0.341 e. The van der Waals surface area contributed by atoms with Crippen LogP contribution in [-0.4, -0.2) is 53.4 Å². The van der Waals surface area contributed by atoms with Crippen LogP contribution in [0.25, 0.3) is 0 Å². The highest BCUT2D eigenvalue weighted by molar-refractivity contribution is 7.99. The highest BCUT2D eigenvalue weighted by Crippen LogP contribution is 2.22. The van der Waals surface area contributed by atoms with Gasteiger partial charge in [0.2, 0.25) is 5.91 Å². The van der Waals surface area contributed by atoms with Crippen LogP contribution in [0.5, 0.6) is 0 Å². The Morgan fingerprint density at radius 2 is 2.13 bits per heavy atom. The van der Waals surface area contributed by atoms with Crippen molar-refractivity contribution in [1.82, 2.24) is 9.80 Å². The maximum atomic E-state index is 12.7. The van der Waals surface area contributed by atoms with Crippen molar-refractivity contribution in [1.29, 1.82) is 5.26 Å². The lowest BCUT2D eigenvalue weighted by atomic mass is 9.96. The van der Waals surface area contributed by atoms with E-state index in [1.54, 1.807) is 0 Å². The molecule has 0 spiro atoms. The van der Waals surface area contributed by atoms with Gasteiger partial charge in [-0.1, -0.05) is 12.1 Å². The predicted octanol–water partition coefficient (Wildman–Crippen LogP) is 2.35. The van der Waals surface area contributed by atoms with E-state index in [9.17, 15) is 4.79 Å². The number of piperidine rings is 1. The number of rotatable bonds is 3. The molecule has 5 heteroatoms. The van der Waals surface area contributed by atoms with E-state index in [0.717, 1.165) is 62.6 Å². The first-order chi connectivity index (χ1) is 11.3. The summed E-state index contributed by atoms with van der Waals surface area (Å²) >= 11 is 1.94. The van der Waals surface area contributed by atoms with Gasteiger partial charge in [-0.05, 0) is 37.1 Å². The summed E-state index contributed by atoms with van der Waals surface area (Å²) in [7, 11) is 0. The van der Waals surface area contributed by atoms with E-state index in [2.05, 4.69) is 21.9 Å². The molecule has 1 atom stereocenters. The van der Waals surface area contributed by atoms with E-state index in [0.29, 0.717) is 11.5 Å². The van der Waals surface area contributed by atoms with Crippen LogP contribution in [0.3, 0.4) is 0 Å². The van der Waals surface area contributed by atoms with Crippen molar-refractivity contribution in [2.45, 2.75) is 19.4 Å². The van der Waals surface area contributed by atoms with Gasteiger partial charge in [-0.3, -0.25) is 9.69 Å². The quantitative estimate of drug-likeness (QED) is 0.854. The van der Waals surface area contributed by atoms with E-state index in [1.165, 1.54) is 0 Å². The molecule has 1 unspecified atom stereocenters. The number of likely N-dealkylation sites (tertiary alicyclic amines) is 1. The summed E-state index contributed by atoms with van der Waals surface area (Å²) in [5.41, 5.74) is 1.87. The van der Waals surface area contributed by atoms with Gasteiger partial charge in [-0.2, -0.15) is 17.0 Å². The Labute approximate surface area is 142 Å². The number of nitriles is 1. The number of benzene rings is 1. The predicted molar refractivity (Wildman–Crippen MR) is 93.1 cm³/mol. The summed E-state index contributed by atoms with van der Waals surface area (Å²) in [6.45, 7) is 4.53. The molecular formula is C18H23N3OS. The fourth-order valence-electron chi connectivity index (χ4n) is 3.44. The van der Waals surface area contributed by atoms with E-state index >= 15 is 0 Å². The smallest absolute Gasteiger partial charge is 0.227 e. The average molecular weight is 329 g/mol. The van der Waals surface area contributed by atoms with Gasteiger partial charge in [-0.15, -0.1) is 0 Å². The Bertz CT molecular complexity index is 592. The van der Waals surface area contributed by atoms with Crippen LogP contribution in [-0.2, 0) is 11.3 Å². The topological polar surface area (TPSA) is 47.3 Å². The molecule has 2 heterocycles. The summed E-state index contributed by atoms with van der Waals surface area (Å²) in [5, 5.41) is 9.01. The van der Waals surface area contributed by atoms with Crippen molar-refractivity contribution < 1.29 is 4.79 Å². The number of hydrogen-bond donors (Lipinski definition) is 0. The second-order valence-electron chi connectivity index (χ2n) is 6.32. The third kappa shape index (κ3) is 4.27. The molecule has 1 amide bonds. The molecule has 0 aliphatic carbocycles. The fraction of sp³-hybridized carbons (Fsp3) is 0.556. The molecule has 1 aromatic rings. The molecule has 3 rings (SSSR count). The standard InChI is InChI=1S/C18H23N3OS/c19-12-15-3-1-4-16(11-15)13-20-6-2-5-17(14-20)18(22)21-7-9-23-10-8-21/h1,3-4,11,17H,2,5-10,13-14H2. The SMILES string of the molecule is N#Cc1cccc(CN2CCCC(C(=O)N3CCSCC3)C2)c1. The van der Waals surface area contributed by atoms with Gasteiger partial charge in [-0.25, -0.2) is 0 Å². The molecule has 0 saturated carbocycles. The van der Waals surface area contributed by atoms with Gasteiger partial charge in [0, 0.05) is 37.7 Å². The van der Waals surface area contributed by atoms with Crippen LogP contribution < -0.4 is 0 Å². The second kappa shape index (κ2) is 7.85. The number of carbonyl (C=O) groups excluding carboxylic acids is 1. The van der Waals surface area contributed by atoms with E-state index in [1.807, 2.05) is 30.0 Å². The van der Waals surface area contributed by atoms with Crippen LogP contribution in [0.15, 0.2) is 24.3 Å². The molecule has 0 aromatic heterocycles. The minimum atomic E-state index is 0.144. The highest BCUT2D eigenvalue weighted by Gasteiger charge is 2.29. The number of thioether (sulfide) groups is 1. The summed E-state index contributed by atoms with van der Waals surface area (Å²) in [5.74, 6) is 2.64. The molecule has 1 aromatic carbocycles. The van der Waals surface area contributed by atoms with Gasteiger partial charge in [0.25, 0.3) is 0 Å². The van der Waals surface area contributed by atoms with E-state index < -0.39 is 0 Å². The Balaban J connectivity index is 1.59. The number of nitrogens with zero attached hydrogens (tertiary/aromatic N) is 3. The molecule has 0 N–H and O–H groups in total. The molecule has 23 heavy (non-hydrogen) atoms. The summed E-state index contributed by atoms with van der Waals surface area (Å²) in [6, 6.07) is 9.98. The van der Waals surface area contributed by atoms with Crippen LogP contribution >= 0.6 is 11.8 Å². The zero-order valence-corrected chi connectivity index (χ0v) is 14.2. The lowest BCUT2D eigenvalue weighted by Crippen LogP contribution is -2.47. The Kier molecular flexibility index (Phi) is 5.58. The van der Waals surface area contributed by atoms with E-state index in [-0.39, 0.29) is 5.92 Å². The molecule has 4 nitrogen and oxygen atoms in total.